The second-order valence-corrected chi connectivity index (χ2v) is 6.28. The zero-order chi connectivity index (χ0) is 21.6. The molecule has 0 saturated carbocycles. The summed E-state index contributed by atoms with van der Waals surface area (Å²) < 4.78 is 10.7. The number of nitrogens with zero attached hydrogens (tertiary/aromatic N) is 2. The maximum atomic E-state index is 12.5. The van der Waals surface area contributed by atoms with Gasteiger partial charge in [-0.15, -0.1) is 0 Å². The Hall–Kier alpha value is -3.57. The minimum Gasteiger partial charge on any atom is -0.491 e. The van der Waals surface area contributed by atoms with Crippen LogP contribution in [0, 0.1) is 28.4 Å². The fraction of sp³-hybridized carbons (Fsp3) is 0.200. The molecule has 0 bridgehead atoms. The number of methoxy groups -OCH3 is 1. The van der Waals surface area contributed by atoms with Crippen molar-refractivity contribution in [3.8, 4) is 17.6 Å². The number of carbonyl (C=O) groups excluding carboxylic acids is 1. The van der Waals surface area contributed by atoms with Crippen molar-refractivity contribution < 1.29 is 19.2 Å². The summed E-state index contributed by atoms with van der Waals surface area (Å²) in [6.45, 7) is 3.85. The smallest absolute Gasteiger partial charge is 0.293 e. The molecule has 0 atom stereocenters. The van der Waals surface area contributed by atoms with E-state index in [1.165, 1.54) is 31.4 Å². The Balaban J connectivity index is 2.39. The lowest BCUT2D eigenvalue weighted by molar-refractivity contribution is -0.384. The number of carbonyl (C=O) groups is 1. The SMILES string of the molecule is CCOc1cc(/C=C(\C#N)C(=O)Nc2ccc(C)cc2[N+](=O)[O-])cc(Cl)c1OC. The maximum absolute atomic E-state index is 12.5. The Labute approximate surface area is 172 Å². The van der Waals surface area contributed by atoms with Crippen molar-refractivity contribution in [1.29, 1.82) is 5.26 Å². The highest BCUT2D eigenvalue weighted by molar-refractivity contribution is 6.32. The molecule has 0 radical (unpaired) electrons. The fourth-order valence-electron chi connectivity index (χ4n) is 2.54. The Kier molecular flexibility index (Phi) is 7.17. The van der Waals surface area contributed by atoms with E-state index in [4.69, 9.17) is 21.1 Å². The predicted octanol–water partition coefficient (Wildman–Crippen LogP) is 4.51. The number of nitro benzene ring substituents is 1. The van der Waals surface area contributed by atoms with Crippen LogP contribution in [0.25, 0.3) is 6.08 Å². The molecule has 1 N–H and O–H groups in total. The first kappa shape index (κ1) is 21.7. The van der Waals surface area contributed by atoms with Gasteiger partial charge in [0.2, 0.25) is 0 Å². The predicted molar refractivity (Wildman–Crippen MR) is 109 cm³/mol. The first-order valence-electron chi connectivity index (χ1n) is 8.49. The van der Waals surface area contributed by atoms with E-state index in [1.807, 2.05) is 0 Å². The molecule has 9 heteroatoms. The van der Waals surface area contributed by atoms with Gasteiger partial charge in [-0.2, -0.15) is 5.26 Å². The number of amides is 1. The van der Waals surface area contributed by atoms with Crippen molar-refractivity contribution in [2.24, 2.45) is 0 Å². The van der Waals surface area contributed by atoms with Crippen molar-refractivity contribution in [3.63, 3.8) is 0 Å². The minimum atomic E-state index is -0.788. The van der Waals surface area contributed by atoms with Crippen molar-refractivity contribution >= 4 is 35.0 Å². The van der Waals surface area contributed by atoms with E-state index in [-0.39, 0.29) is 22.0 Å². The van der Waals surface area contributed by atoms with E-state index in [0.717, 1.165) is 0 Å². The average Bonchev–Trinajstić information content (AvgIpc) is 2.67. The number of nitro groups is 1. The summed E-state index contributed by atoms with van der Waals surface area (Å²) in [7, 11) is 1.45. The van der Waals surface area contributed by atoms with Crippen LogP contribution in [-0.4, -0.2) is 24.5 Å². The average molecular weight is 416 g/mol. The molecular formula is C20H18ClN3O5. The van der Waals surface area contributed by atoms with E-state index in [9.17, 15) is 20.2 Å². The molecule has 0 unspecified atom stereocenters. The fourth-order valence-corrected chi connectivity index (χ4v) is 2.83. The van der Waals surface area contributed by atoms with E-state index >= 15 is 0 Å². The molecule has 0 saturated heterocycles. The topological polar surface area (TPSA) is 114 Å². The molecule has 150 valence electrons. The van der Waals surface area contributed by atoms with Crippen molar-refractivity contribution in [1.82, 2.24) is 0 Å². The molecule has 0 heterocycles. The molecule has 0 aliphatic heterocycles. The monoisotopic (exact) mass is 415 g/mol. The third-order valence-electron chi connectivity index (χ3n) is 3.81. The lowest BCUT2D eigenvalue weighted by Gasteiger charge is -2.12. The highest BCUT2D eigenvalue weighted by Crippen LogP contribution is 2.37. The largest absolute Gasteiger partial charge is 0.491 e. The highest BCUT2D eigenvalue weighted by atomic mass is 35.5. The highest BCUT2D eigenvalue weighted by Gasteiger charge is 2.19. The van der Waals surface area contributed by atoms with Crippen molar-refractivity contribution in [3.05, 3.63) is 62.2 Å². The first-order chi connectivity index (χ1) is 13.8. The van der Waals surface area contributed by atoms with Gasteiger partial charge in [-0.3, -0.25) is 14.9 Å². The number of anilines is 1. The molecule has 0 spiro atoms. The molecule has 2 rings (SSSR count). The molecule has 2 aromatic rings. The van der Waals surface area contributed by atoms with Crippen LogP contribution < -0.4 is 14.8 Å². The second-order valence-electron chi connectivity index (χ2n) is 5.87. The van der Waals surface area contributed by atoms with Gasteiger partial charge in [0.25, 0.3) is 11.6 Å². The van der Waals surface area contributed by atoms with Crippen LogP contribution in [-0.2, 0) is 4.79 Å². The van der Waals surface area contributed by atoms with Crippen LogP contribution in [0.2, 0.25) is 5.02 Å². The standard InChI is InChI=1S/C20H18ClN3O5/c1-4-29-18-10-13(9-15(21)19(18)28-3)8-14(11-22)20(25)23-16-6-5-12(2)7-17(16)24(26)27/h5-10H,4H2,1-3H3,(H,23,25)/b14-8+. The molecule has 0 aromatic heterocycles. The number of hydrogen-bond donors (Lipinski definition) is 1. The third kappa shape index (κ3) is 5.24. The Morgan fingerprint density at radius 1 is 1.38 bits per heavy atom. The summed E-state index contributed by atoms with van der Waals surface area (Å²) in [6, 6.07) is 9.26. The van der Waals surface area contributed by atoms with E-state index < -0.39 is 10.8 Å². The number of nitrogens with one attached hydrogen (secondary N) is 1. The van der Waals surface area contributed by atoms with Gasteiger partial charge < -0.3 is 14.8 Å². The van der Waals surface area contributed by atoms with Crippen molar-refractivity contribution in [2.75, 3.05) is 19.0 Å². The van der Waals surface area contributed by atoms with Crippen LogP contribution in [0.4, 0.5) is 11.4 Å². The number of nitriles is 1. The van der Waals surface area contributed by atoms with Gasteiger partial charge in [-0.05, 0) is 49.2 Å². The lowest BCUT2D eigenvalue weighted by atomic mass is 10.1. The maximum Gasteiger partial charge on any atom is 0.293 e. The Morgan fingerprint density at radius 3 is 2.69 bits per heavy atom. The third-order valence-corrected chi connectivity index (χ3v) is 4.09. The Bertz CT molecular complexity index is 1030. The van der Waals surface area contributed by atoms with Gasteiger partial charge in [0.05, 0.1) is 23.7 Å². The van der Waals surface area contributed by atoms with Gasteiger partial charge in [-0.25, -0.2) is 0 Å². The van der Waals surface area contributed by atoms with E-state index in [0.29, 0.717) is 29.2 Å². The number of rotatable bonds is 7. The van der Waals surface area contributed by atoms with Gasteiger partial charge in [0.1, 0.15) is 17.3 Å². The molecule has 0 aliphatic rings. The molecule has 8 nitrogen and oxygen atoms in total. The van der Waals surface area contributed by atoms with E-state index in [1.54, 1.807) is 32.0 Å². The summed E-state index contributed by atoms with van der Waals surface area (Å²) in [4.78, 5) is 23.1. The summed E-state index contributed by atoms with van der Waals surface area (Å²) >= 11 is 6.18. The van der Waals surface area contributed by atoms with E-state index in [2.05, 4.69) is 5.32 Å². The molecule has 1 amide bonds. The molecule has 2 aromatic carbocycles. The molecule has 0 aliphatic carbocycles. The number of hydrogen-bond acceptors (Lipinski definition) is 6. The number of benzene rings is 2. The van der Waals surface area contributed by atoms with Gasteiger partial charge >= 0.3 is 0 Å². The number of ether oxygens (including phenoxy) is 2. The molecule has 0 fully saturated rings. The second kappa shape index (κ2) is 9.57. The Morgan fingerprint density at radius 2 is 2.10 bits per heavy atom. The van der Waals surface area contributed by atoms with Gasteiger partial charge in [-0.1, -0.05) is 17.7 Å². The first-order valence-corrected chi connectivity index (χ1v) is 8.87. The quantitative estimate of drug-likeness (QED) is 0.308. The van der Waals surface area contributed by atoms with Crippen LogP contribution in [0.3, 0.4) is 0 Å². The lowest BCUT2D eigenvalue weighted by Crippen LogP contribution is -2.14. The van der Waals surface area contributed by atoms with Crippen LogP contribution in [0.15, 0.2) is 35.9 Å². The number of halogens is 1. The molecule has 29 heavy (non-hydrogen) atoms. The van der Waals surface area contributed by atoms with Crippen LogP contribution in [0.5, 0.6) is 11.5 Å². The van der Waals surface area contributed by atoms with Crippen LogP contribution in [0.1, 0.15) is 18.1 Å². The van der Waals surface area contributed by atoms with Gasteiger partial charge in [0.15, 0.2) is 11.5 Å². The van der Waals surface area contributed by atoms with Crippen molar-refractivity contribution in [2.45, 2.75) is 13.8 Å². The summed E-state index contributed by atoms with van der Waals surface area (Å²) in [5.41, 5.74) is 0.575. The number of aryl methyl sites for hydroxylation is 1. The summed E-state index contributed by atoms with van der Waals surface area (Å²) in [5.74, 6) is -0.0890. The molecular weight excluding hydrogens is 398 g/mol. The van der Waals surface area contributed by atoms with Gasteiger partial charge in [0, 0.05) is 6.07 Å². The normalized spacial score (nSPS) is 10.8. The summed E-state index contributed by atoms with van der Waals surface area (Å²) in [5, 5.41) is 23.3. The van der Waals surface area contributed by atoms with Crippen LogP contribution >= 0.6 is 11.6 Å². The minimum absolute atomic E-state index is 0.00508. The zero-order valence-corrected chi connectivity index (χ0v) is 16.7. The zero-order valence-electron chi connectivity index (χ0n) is 16.0. The summed E-state index contributed by atoms with van der Waals surface area (Å²) in [6.07, 6.45) is 1.31.